The Morgan fingerprint density at radius 3 is 2.50 bits per heavy atom. The molecule has 0 fully saturated rings. The van der Waals surface area contributed by atoms with Crippen molar-refractivity contribution in [3.8, 4) is 5.75 Å². The SMILES string of the molecule is Cc1ccc(CSCC(=O)N/N=C/c2ccc(OCC(C)C)cc2)cc1. The summed E-state index contributed by atoms with van der Waals surface area (Å²) in [6.45, 7) is 6.99. The molecule has 0 aliphatic heterocycles. The van der Waals surface area contributed by atoms with Gasteiger partial charge in [-0.25, -0.2) is 5.43 Å². The lowest BCUT2D eigenvalue weighted by atomic mass is 10.2. The number of ether oxygens (including phenoxy) is 1. The topological polar surface area (TPSA) is 50.7 Å². The largest absolute Gasteiger partial charge is 0.493 e. The van der Waals surface area contributed by atoms with Crippen LogP contribution >= 0.6 is 11.8 Å². The maximum absolute atomic E-state index is 11.8. The number of nitrogens with one attached hydrogen (secondary N) is 1. The summed E-state index contributed by atoms with van der Waals surface area (Å²) in [7, 11) is 0. The third-order valence-corrected chi connectivity index (χ3v) is 4.49. The summed E-state index contributed by atoms with van der Waals surface area (Å²) in [5, 5.41) is 4.00. The maximum atomic E-state index is 11.8. The zero-order valence-corrected chi connectivity index (χ0v) is 16.4. The van der Waals surface area contributed by atoms with Crippen molar-refractivity contribution in [1.29, 1.82) is 0 Å². The second-order valence-electron chi connectivity index (χ2n) is 6.55. The number of carbonyl (C=O) groups excluding carboxylic acids is 1. The highest BCUT2D eigenvalue weighted by Gasteiger charge is 2.01. The second-order valence-corrected chi connectivity index (χ2v) is 7.53. The smallest absolute Gasteiger partial charge is 0.250 e. The van der Waals surface area contributed by atoms with Gasteiger partial charge in [-0.15, -0.1) is 11.8 Å². The van der Waals surface area contributed by atoms with Crippen molar-refractivity contribution in [2.75, 3.05) is 12.4 Å². The number of amides is 1. The molecular formula is C21H26N2O2S. The van der Waals surface area contributed by atoms with E-state index < -0.39 is 0 Å². The molecular weight excluding hydrogens is 344 g/mol. The molecule has 0 aliphatic rings. The molecule has 0 heterocycles. The van der Waals surface area contributed by atoms with Gasteiger partial charge in [0.2, 0.25) is 5.91 Å². The van der Waals surface area contributed by atoms with Crippen molar-refractivity contribution in [2.45, 2.75) is 26.5 Å². The predicted octanol–water partition coefficient (Wildman–Crippen LogP) is 4.41. The van der Waals surface area contributed by atoms with Gasteiger partial charge in [-0.1, -0.05) is 43.7 Å². The number of hydrogen-bond acceptors (Lipinski definition) is 4. The fraction of sp³-hybridized carbons (Fsp3) is 0.333. The zero-order chi connectivity index (χ0) is 18.8. The van der Waals surface area contributed by atoms with Crippen LogP contribution in [-0.4, -0.2) is 24.5 Å². The van der Waals surface area contributed by atoms with Crippen LogP contribution in [0, 0.1) is 12.8 Å². The first-order chi connectivity index (χ1) is 12.5. The van der Waals surface area contributed by atoms with Crippen molar-refractivity contribution in [1.82, 2.24) is 5.43 Å². The Kier molecular flexibility index (Phi) is 8.22. The van der Waals surface area contributed by atoms with Gasteiger partial charge in [0, 0.05) is 5.75 Å². The molecule has 0 unspecified atom stereocenters. The Labute approximate surface area is 160 Å². The van der Waals surface area contributed by atoms with E-state index in [9.17, 15) is 4.79 Å². The lowest BCUT2D eigenvalue weighted by Crippen LogP contribution is -2.19. The normalized spacial score (nSPS) is 11.1. The Balaban J connectivity index is 1.68. The van der Waals surface area contributed by atoms with Crippen molar-refractivity contribution in [3.05, 3.63) is 65.2 Å². The molecule has 0 saturated heterocycles. The first-order valence-electron chi connectivity index (χ1n) is 8.71. The first-order valence-corrected chi connectivity index (χ1v) is 9.86. The summed E-state index contributed by atoms with van der Waals surface area (Å²) >= 11 is 1.57. The van der Waals surface area contributed by atoms with Crippen LogP contribution in [0.15, 0.2) is 53.6 Å². The zero-order valence-electron chi connectivity index (χ0n) is 15.6. The Hall–Kier alpha value is -2.27. The molecule has 1 amide bonds. The van der Waals surface area contributed by atoms with Crippen LogP contribution in [0.3, 0.4) is 0 Å². The molecule has 0 atom stereocenters. The maximum Gasteiger partial charge on any atom is 0.250 e. The van der Waals surface area contributed by atoms with Gasteiger partial charge in [0.15, 0.2) is 0 Å². The highest BCUT2D eigenvalue weighted by atomic mass is 32.2. The summed E-state index contributed by atoms with van der Waals surface area (Å²) in [6.07, 6.45) is 1.63. The molecule has 0 spiro atoms. The van der Waals surface area contributed by atoms with Crippen molar-refractivity contribution in [2.24, 2.45) is 11.0 Å². The van der Waals surface area contributed by atoms with Crippen LogP contribution < -0.4 is 10.2 Å². The summed E-state index contributed by atoms with van der Waals surface area (Å²) in [6, 6.07) is 16.0. The van der Waals surface area contributed by atoms with E-state index in [0.717, 1.165) is 17.1 Å². The van der Waals surface area contributed by atoms with Crippen LogP contribution in [-0.2, 0) is 10.5 Å². The fourth-order valence-corrected chi connectivity index (χ4v) is 2.85. The van der Waals surface area contributed by atoms with Crippen molar-refractivity contribution in [3.63, 3.8) is 0 Å². The molecule has 0 saturated carbocycles. The molecule has 0 aromatic heterocycles. The summed E-state index contributed by atoms with van der Waals surface area (Å²) < 4.78 is 5.64. The minimum atomic E-state index is -0.102. The molecule has 138 valence electrons. The van der Waals surface area contributed by atoms with Crippen LogP contribution in [0.5, 0.6) is 5.75 Å². The van der Waals surface area contributed by atoms with Gasteiger partial charge in [0.05, 0.1) is 18.6 Å². The van der Waals surface area contributed by atoms with E-state index in [1.165, 1.54) is 11.1 Å². The monoisotopic (exact) mass is 370 g/mol. The van der Waals surface area contributed by atoms with Gasteiger partial charge in [-0.3, -0.25) is 4.79 Å². The third kappa shape index (κ3) is 7.74. The number of hydrazone groups is 1. The highest BCUT2D eigenvalue weighted by Crippen LogP contribution is 2.13. The molecule has 2 rings (SSSR count). The Morgan fingerprint density at radius 2 is 1.85 bits per heavy atom. The third-order valence-electron chi connectivity index (χ3n) is 3.49. The van der Waals surface area contributed by atoms with Gasteiger partial charge in [-0.2, -0.15) is 5.10 Å². The number of thioether (sulfide) groups is 1. The number of nitrogens with zero attached hydrogens (tertiary/aromatic N) is 1. The number of carbonyl (C=O) groups is 1. The lowest BCUT2D eigenvalue weighted by molar-refractivity contribution is -0.118. The molecule has 4 nitrogen and oxygen atoms in total. The standard InChI is InChI=1S/C21H26N2O2S/c1-16(2)13-25-20-10-8-18(9-11-20)12-22-23-21(24)15-26-14-19-6-4-17(3)5-7-19/h4-12,16H,13-15H2,1-3H3,(H,23,24)/b22-12+. The summed E-state index contributed by atoms with van der Waals surface area (Å²) in [4.78, 5) is 11.8. The minimum Gasteiger partial charge on any atom is -0.493 e. The average Bonchev–Trinajstić information content (AvgIpc) is 2.63. The van der Waals surface area contributed by atoms with E-state index in [1.54, 1.807) is 18.0 Å². The summed E-state index contributed by atoms with van der Waals surface area (Å²) in [5.41, 5.74) is 5.93. The lowest BCUT2D eigenvalue weighted by Gasteiger charge is -2.08. The van der Waals surface area contributed by atoms with E-state index in [-0.39, 0.29) is 5.91 Å². The van der Waals surface area contributed by atoms with Gasteiger partial charge >= 0.3 is 0 Å². The minimum absolute atomic E-state index is 0.102. The number of aryl methyl sites for hydroxylation is 1. The van der Waals surface area contributed by atoms with Gasteiger partial charge in [-0.05, 0) is 48.2 Å². The molecule has 2 aromatic carbocycles. The van der Waals surface area contributed by atoms with E-state index in [1.807, 2.05) is 24.3 Å². The van der Waals surface area contributed by atoms with Crippen LogP contribution in [0.1, 0.15) is 30.5 Å². The molecule has 26 heavy (non-hydrogen) atoms. The van der Waals surface area contributed by atoms with E-state index in [0.29, 0.717) is 18.3 Å². The van der Waals surface area contributed by atoms with Gasteiger partial charge in [0.25, 0.3) is 0 Å². The molecule has 0 radical (unpaired) electrons. The molecule has 0 bridgehead atoms. The van der Waals surface area contributed by atoms with Crippen molar-refractivity contribution < 1.29 is 9.53 Å². The Morgan fingerprint density at radius 1 is 1.15 bits per heavy atom. The predicted molar refractivity (Wildman–Crippen MR) is 110 cm³/mol. The number of hydrogen-bond donors (Lipinski definition) is 1. The fourth-order valence-electron chi connectivity index (χ4n) is 2.07. The second kappa shape index (κ2) is 10.7. The van der Waals surface area contributed by atoms with Crippen LogP contribution in [0.4, 0.5) is 0 Å². The first kappa shape index (κ1) is 20.0. The average molecular weight is 371 g/mol. The Bertz CT molecular complexity index is 710. The summed E-state index contributed by atoms with van der Waals surface area (Å²) in [5.74, 6) is 2.43. The van der Waals surface area contributed by atoms with E-state index in [4.69, 9.17) is 4.74 Å². The van der Waals surface area contributed by atoms with Crippen LogP contribution in [0.2, 0.25) is 0 Å². The number of benzene rings is 2. The van der Waals surface area contributed by atoms with Gasteiger partial charge in [0.1, 0.15) is 5.75 Å². The van der Waals surface area contributed by atoms with Crippen molar-refractivity contribution >= 4 is 23.9 Å². The molecule has 0 aliphatic carbocycles. The quantitative estimate of drug-likeness (QED) is 0.525. The highest BCUT2D eigenvalue weighted by molar-refractivity contribution is 7.99. The number of rotatable bonds is 9. The molecule has 1 N–H and O–H groups in total. The van der Waals surface area contributed by atoms with Gasteiger partial charge < -0.3 is 4.74 Å². The molecule has 5 heteroatoms. The van der Waals surface area contributed by atoms with E-state index in [2.05, 4.69) is 55.6 Å². The van der Waals surface area contributed by atoms with Crippen LogP contribution in [0.25, 0.3) is 0 Å². The van der Waals surface area contributed by atoms with E-state index >= 15 is 0 Å². The molecule has 2 aromatic rings.